The molecule has 1 aliphatic heterocycles. The van der Waals surface area contributed by atoms with Gasteiger partial charge in [0.2, 0.25) is 0 Å². The molecule has 1 fully saturated rings. The minimum atomic E-state index is 0.146. The van der Waals surface area contributed by atoms with E-state index in [-0.39, 0.29) is 5.91 Å². The number of benzene rings is 2. The number of phenolic OH excluding ortho intramolecular Hbond substituents is 1. The van der Waals surface area contributed by atoms with Gasteiger partial charge < -0.3 is 10.0 Å². The van der Waals surface area contributed by atoms with E-state index < -0.39 is 0 Å². The number of piperidine rings is 1. The van der Waals surface area contributed by atoms with Crippen molar-refractivity contribution in [2.45, 2.75) is 30.6 Å². The van der Waals surface area contributed by atoms with Gasteiger partial charge in [0.05, 0.1) is 0 Å². The maximum absolute atomic E-state index is 12.9. The lowest BCUT2D eigenvalue weighted by molar-refractivity contribution is 0.0712. The summed E-state index contributed by atoms with van der Waals surface area (Å²) < 4.78 is 0. The molecule has 1 saturated heterocycles. The van der Waals surface area contributed by atoms with Crippen LogP contribution in [0.25, 0.3) is 0 Å². The number of aryl methyl sites for hydroxylation is 1. The Labute approximate surface area is 147 Å². The minimum absolute atomic E-state index is 0.146. The number of hydrogen-bond donors (Lipinski definition) is 1. The molecule has 0 bridgehead atoms. The quantitative estimate of drug-likeness (QED) is 0.839. The molecule has 0 spiro atoms. The molecule has 2 aromatic rings. The summed E-state index contributed by atoms with van der Waals surface area (Å²) in [6.45, 7) is 3.57. The molecule has 0 radical (unpaired) electrons. The number of carbonyl (C=O) groups is 1. The van der Waals surface area contributed by atoms with Crippen LogP contribution in [0.5, 0.6) is 5.75 Å². The Kier molecular flexibility index (Phi) is 5.14. The summed E-state index contributed by atoms with van der Waals surface area (Å²) in [6, 6.07) is 13.6. The van der Waals surface area contributed by atoms with Crippen molar-refractivity contribution in [1.29, 1.82) is 0 Å². The highest BCUT2D eigenvalue weighted by atomic mass is 32.2. The first kappa shape index (κ1) is 16.9. The zero-order valence-electron chi connectivity index (χ0n) is 14.2. The van der Waals surface area contributed by atoms with Gasteiger partial charge in [-0.2, -0.15) is 0 Å². The van der Waals surface area contributed by atoms with Gasteiger partial charge in [0.25, 0.3) is 5.91 Å². The van der Waals surface area contributed by atoms with E-state index in [0.29, 0.717) is 11.7 Å². The molecular formula is C20H23NO2S. The summed E-state index contributed by atoms with van der Waals surface area (Å²) in [5.74, 6) is 0.913. The van der Waals surface area contributed by atoms with Gasteiger partial charge in [-0.05, 0) is 67.3 Å². The molecule has 1 N–H and O–H groups in total. The third-order valence-corrected chi connectivity index (χ3v) is 5.55. The summed E-state index contributed by atoms with van der Waals surface area (Å²) in [6.07, 6.45) is 3.97. The highest BCUT2D eigenvalue weighted by Gasteiger charge is 2.25. The number of likely N-dealkylation sites (tertiary alicyclic amines) is 1. The molecule has 0 saturated carbocycles. The molecule has 0 aromatic heterocycles. The lowest BCUT2D eigenvalue weighted by Gasteiger charge is -2.32. The van der Waals surface area contributed by atoms with Gasteiger partial charge in [0.15, 0.2) is 0 Å². The Hall–Kier alpha value is -1.94. The van der Waals surface area contributed by atoms with E-state index in [0.717, 1.165) is 42.0 Å². The molecule has 3 rings (SSSR count). The summed E-state index contributed by atoms with van der Waals surface area (Å²) >= 11 is 1.66. The van der Waals surface area contributed by atoms with Crippen molar-refractivity contribution >= 4 is 17.7 Å². The number of hydrogen-bond acceptors (Lipinski definition) is 3. The maximum Gasteiger partial charge on any atom is 0.254 e. The van der Waals surface area contributed by atoms with Gasteiger partial charge in [-0.15, -0.1) is 11.8 Å². The highest BCUT2D eigenvalue weighted by molar-refractivity contribution is 7.98. The molecule has 126 valence electrons. The zero-order chi connectivity index (χ0) is 17.1. The summed E-state index contributed by atoms with van der Waals surface area (Å²) in [5, 5.41) is 9.41. The predicted molar refractivity (Wildman–Crippen MR) is 98.9 cm³/mol. The van der Waals surface area contributed by atoms with E-state index in [2.05, 4.69) is 6.07 Å². The maximum atomic E-state index is 12.9. The van der Waals surface area contributed by atoms with Crippen molar-refractivity contribution in [3.05, 3.63) is 59.2 Å². The Morgan fingerprint density at radius 2 is 1.79 bits per heavy atom. The third kappa shape index (κ3) is 3.59. The Morgan fingerprint density at radius 1 is 1.12 bits per heavy atom. The van der Waals surface area contributed by atoms with Crippen molar-refractivity contribution in [3.8, 4) is 5.75 Å². The summed E-state index contributed by atoms with van der Waals surface area (Å²) in [5.41, 5.74) is 3.11. The van der Waals surface area contributed by atoms with E-state index in [4.69, 9.17) is 0 Å². The van der Waals surface area contributed by atoms with Crippen LogP contribution in [-0.2, 0) is 0 Å². The van der Waals surface area contributed by atoms with Crippen LogP contribution < -0.4 is 0 Å². The largest absolute Gasteiger partial charge is 0.508 e. The van der Waals surface area contributed by atoms with Crippen molar-refractivity contribution in [2.24, 2.45) is 0 Å². The van der Waals surface area contributed by atoms with Crippen molar-refractivity contribution in [3.63, 3.8) is 0 Å². The second kappa shape index (κ2) is 7.31. The van der Waals surface area contributed by atoms with Gasteiger partial charge in [-0.3, -0.25) is 4.79 Å². The van der Waals surface area contributed by atoms with Crippen LogP contribution in [0.15, 0.2) is 47.4 Å². The Bertz CT molecular complexity index is 719. The van der Waals surface area contributed by atoms with E-state index in [1.165, 1.54) is 5.56 Å². The first-order valence-corrected chi connectivity index (χ1v) is 9.54. The standard InChI is InChI=1S/C20H23NO2S/c1-14-3-8-18(24-2)13-19(14)20(23)21-11-9-16(10-12-21)15-4-6-17(22)7-5-15/h3-8,13,16,22H,9-12H2,1-2H3. The lowest BCUT2D eigenvalue weighted by Crippen LogP contribution is -2.38. The first-order valence-electron chi connectivity index (χ1n) is 8.31. The van der Waals surface area contributed by atoms with Crippen LogP contribution in [0.3, 0.4) is 0 Å². The van der Waals surface area contributed by atoms with Gasteiger partial charge in [-0.25, -0.2) is 0 Å². The number of aromatic hydroxyl groups is 1. The van der Waals surface area contributed by atoms with E-state index in [9.17, 15) is 9.90 Å². The van der Waals surface area contributed by atoms with Crippen LogP contribution in [0.2, 0.25) is 0 Å². The van der Waals surface area contributed by atoms with Crippen LogP contribution >= 0.6 is 11.8 Å². The molecule has 0 unspecified atom stereocenters. The van der Waals surface area contributed by atoms with Crippen LogP contribution in [-0.4, -0.2) is 35.3 Å². The minimum Gasteiger partial charge on any atom is -0.508 e. The smallest absolute Gasteiger partial charge is 0.254 e. The normalized spacial score (nSPS) is 15.5. The molecule has 0 aliphatic carbocycles. The van der Waals surface area contributed by atoms with E-state index in [1.54, 1.807) is 23.9 Å². The van der Waals surface area contributed by atoms with Gasteiger partial charge in [-0.1, -0.05) is 18.2 Å². The third-order valence-electron chi connectivity index (χ3n) is 4.82. The van der Waals surface area contributed by atoms with Crippen LogP contribution in [0.4, 0.5) is 0 Å². The molecule has 1 aliphatic rings. The first-order chi connectivity index (χ1) is 11.6. The fourth-order valence-electron chi connectivity index (χ4n) is 3.29. The fraction of sp³-hybridized carbons (Fsp3) is 0.350. The number of amides is 1. The molecule has 0 atom stereocenters. The number of nitrogens with zero attached hydrogens (tertiary/aromatic N) is 1. The van der Waals surface area contributed by atoms with Crippen LogP contribution in [0.1, 0.15) is 40.2 Å². The molecule has 24 heavy (non-hydrogen) atoms. The summed E-state index contributed by atoms with van der Waals surface area (Å²) in [7, 11) is 0. The van der Waals surface area contributed by atoms with Crippen molar-refractivity contribution in [1.82, 2.24) is 4.90 Å². The molecular weight excluding hydrogens is 318 g/mol. The molecule has 4 heteroatoms. The fourth-order valence-corrected chi connectivity index (χ4v) is 3.73. The highest BCUT2D eigenvalue weighted by Crippen LogP contribution is 2.30. The molecule has 3 nitrogen and oxygen atoms in total. The van der Waals surface area contributed by atoms with Gasteiger partial charge in [0.1, 0.15) is 5.75 Å². The average molecular weight is 341 g/mol. The van der Waals surface area contributed by atoms with Crippen molar-refractivity contribution in [2.75, 3.05) is 19.3 Å². The van der Waals surface area contributed by atoms with E-state index >= 15 is 0 Å². The Morgan fingerprint density at radius 3 is 2.42 bits per heavy atom. The number of rotatable bonds is 3. The average Bonchev–Trinajstić information content (AvgIpc) is 2.62. The molecule has 2 aromatic carbocycles. The van der Waals surface area contributed by atoms with E-state index in [1.807, 2.05) is 42.3 Å². The number of thioether (sulfide) groups is 1. The Balaban J connectivity index is 1.68. The summed E-state index contributed by atoms with van der Waals surface area (Å²) in [4.78, 5) is 16.0. The number of phenols is 1. The monoisotopic (exact) mass is 341 g/mol. The van der Waals surface area contributed by atoms with Gasteiger partial charge in [0, 0.05) is 23.5 Å². The second-order valence-electron chi connectivity index (χ2n) is 6.34. The van der Waals surface area contributed by atoms with Crippen LogP contribution in [0, 0.1) is 6.92 Å². The lowest BCUT2D eigenvalue weighted by atomic mass is 9.89. The second-order valence-corrected chi connectivity index (χ2v) is 7.22. The molecule has 1 amide bonds. The van der Waals surface area contributed by atoms with Crippen molar-refractivity contribution < 1.29 is 9.90 Å². The molecule has 1 heterocycles. The zero-order valence-corrected chi connectivity index (χ0v) is 15.0. The number of carbonyl (C=O) groups excluding carboxylic acids is 1. The topological polar surface area (TPSA) is 40.5 Å². The SMILES string of the molecule is CSc1ccc(C)c(C(=O)N2CCC(c3ccc(O)cc3)CC2)c1. The predicted octanol–water partition coefficient (Wildman–Crippen LogP) is 4.44. The van der Waals surface area contributed by atoms with Gasteiger partial charge >= 0.3 is 0 Å².